The number of hydrogen-bond donors (Lipinski definition) is 1. The molecule has 1 aliphatic heterocycles. The molecule has 3 nitrogen and oxygen atoms in total. The summed E-state index contributed by atoms with van der Waals surface area (Å²) >= 11 is 1.78. The van der Waals surface area contributed by atoms with E-state index in [1.54, 1.807) is 11.3 Å². The van der Waals surface area contributed by atoms with Gasteiger partial charge in [0.05, 0.1) is 12.6 Å². The highest BCUT2D eigenvalue weighted by atomic mass is 32.1. The lowest BCUT2D eigenvalue weighted by Gasteiger charge is -2.20. The van der Waals surface area contributed by atoms with Gasteiger partial charge in [-0.25, -0.2) is 0 Å². The highest BCUT2D eigenvalue weighted by molar-refractivity contribution is 7.10. The van der Waals surface area contributed by atoms with Crippen molar-refractivity contribution in [2.75, 3.05) is 26.2 Å². The summed E-state index contributed by atoms with van der Waals surface area (Å²) in [5.74, 6) is 5.96. The van der Waals surface area contributed by atoms with Gasteiger partial charge in [0.1, 0.15) is 0 Å². The minimum atomic E-state index is 0.337. The lowest BCUT2D eigenvalue weighted by atomic mass is 10.3. The van der Waals surface area contributed by atoms with Gasteiger partial charge in [0.2, 0.25) is 0 Å². The van der Waals surface area contributed by atoms with Crippen LogP contribution in [0.4, 0.5) is 0 Å². The first kappa shape index (κ1) is 13.6. The minimum absolute atomic E-state index is 0.337. The molecule has 0 amide bonds. The first-order valence-corrected chi connectivity index (χ1v) is 7.26. The van der Waals surface area contributed by atoms with Crippen molar-refractivity contribution in [2.45, 2.75) is 26.0 Å². The Balaban J connectivity index is 1.93. The molecule has 98 valence electrons. The average molecular weight is 264 g/mol. The normalized spacial score (nSPS) is 21.1. The molecule has 2 rings (SSSR count). The molecule has 0 spiro atoms. The van der Waals surface area contributed by atoms with Gasteiger partial charge in [-0.2, -0.15) is 0 Å². The fraction of sp³-hybridized carbons (Fsp3) is 0.571. The van der Waals surface area contributed by atoms with Crippen molar-refractivity contribution in [1.82, 2.24) is 4.90 Å². The van der Waals surface area contributed by atoms with Gasteiger partial charge < -0.3 is 10.5 Å². The highest BCUT2D eigenvalue weighted by Crippen LogP contribution is 2.17. The first-order valence-electron chi connectivity index (χ1n) is 6.38. The van der Waals surface area contributed by atoms with E-state index in [1.165, 1.54) is 4.88 Å². The zero-order chi connectivity index (χ0) is 12.8. The van der Waals surface area contributed by atoms with Crippen molar-refractivity contribution in [3.05, 3.63) is 21.9 Å². The fourth-order valence-corrected chi connectivity index (χ4v) is 2.98. The molecule has 1 aromatic rings. The van der Waals surface area contributed by atoms with Crippen LogP contribution < -0.4 is 5.73 Å². The van der Waals surface area contributed by atoms with Crippen LogP contribution in [0.25, 0.3) is 0 Å². The van der Waals surface area contributed by atoms with E-state index in [0.717, 1.165) is 38.2 Å². The van der Waals surface area contributed by atoms with Gasteiger partial charge in [-0.1, -0.05) is 11.8 Å². The van der Waals surface area contributed by atoms with E-state index in [4.69, 9.17) is 10.5 Å². The summed E-state index contributed by atoms with van der Waals surface area (Å²) in [6.07, 6.45) is 1.46. The van der Waals surface area contributed by atoms with Crippen molar-refractivity contribution in [2.24, 2.45) is 5.73 Å². The molecule has 18 heavy (non-hydrogen) atoms. The van der Waals surface area contributed by atoms with Gasteiger partial charge in [0.25, 0.3) is 0 Å². The summed E-state index contributed by atoms with van der Waals surface area (Å²) in [6.45, 7) is 6.59. The Kier molecular flexibility index (Phi) is 5.21. The van der Waals surface area contributed by atoms with E-state index >= 15 is 0 Å². The van der Waals surface area contributed by atoms with Gasteiger partial charge >= 0.3 is 0 Å². The summed E-state index contributed by atoms with van der Waals surface area (Å²) in [6, 6.07) is 2.17. The summed E-state index contributed by atoms with van der Waals surface area (Å²) < 4.78 is 5.65. The Labute approximate surface area is 113 Å². The predicted molar refractivity (Wildman–Crippen MR) is 75.6 cm³/mol. The smallest absolute Gasteiger partial charge is 0.0674 e. The molecule has 2 heterocycles. The molecule has 1 fully saturated rings. The van der Waals surface area contributed by atoms with Crippen molar-refractivity contribution >= 4 is 11.3 Å². The Morgan fingerprint density at radius 3 is 3.33 bits per heavy atom. The van der Waals surface area contributed by atoms with E-state index in [2.05, 4.69) is 35.1 Å². The van der Waals surface area contributed by atoms with Gasteiger partial charge in [-0.3, -0.25) is 4.90 Å². The van der Waals surface area contributed by atoms with Gasteiger partial charge in [0, 0.05) is 42.1 Å². The third-order valence-electron chi connectivity index (χ3n) is 2.90. The van der Waals surface area contributed by atoms with Crippen LogP contribution in [0.3, 0.4) is 0 Å². The second-order valence-electron chi connectivity index (χ2n) is 4.58. The number of ether oxygens (including phenoxy) is 1. The van der Waals surface area contributed by atoms with E-state index in [9.17, 15) is 0 Å². The molecule has 2 N–H and O–H groups in total. The van der Waals surface area contributed by atoms with Crippen molar-refractivity contribution in [3.63, 3.8) is 0 Å². The lowest BCUT2D eigenvalue weighted by Crippen LogP contribution is -2.29. The molecule has 1 aliphatic rings. The molecular formula is C14H20N2OS. The van der Waals surface area contributed by atoms with Crippen molar-refractivity contribution in [3.8, 4) is 11.8 Å². The monoisotopic (exact) mass is 264 g/mol. The Bertz CT molecular complexity index is 432. The van der Waals surface area contributed by atoms with Crippen molar-refractivity contribution in [1.29, 1.82) is 0 Å². The molecule has 0 bridgehead atoms. The predicted octanol–water partition coefficient (Wildman–Crippen LogP) is 1.67. The zero-order valence-electron chi connectivity index (χ0n) is 10.8. The van der Waals surface area contributed by atoms with Crippen LogP contribution in [0.2, 0.25) is 0 Å². The maximum absolute atomic E-state index is 5.65. The van der Waals surface area contributed by atoms with E-state index in [-0.39, 0.29) is 0 Å². The van der Waals surface area contributed by atoms with Gasteiger partial charge in [-0.05, 0) is 19.4 Å². The molecule has 1 aromatic heterocycles. The number of nitrogens with zero attached hydrogens (tertiary/aromatic N) is 1. The Morgan fingerprint density at radius 2 is 2.50 bits per heavy atom. The van der Waals surface area contributed by atoms with Crippen LogP contribution in [0.1, 0.15) is 23.8 Å². The maximum atomic E-state index is 5.65. The molecule has 0 aromatic carbocycles. The molecule has 0 aliphatic carbocycles. The number of thiophene rings is 1. The zero-order valence-corrected chi connectivity index (χ0v) is 11.6. The molecular weight excluding hydrogens is 244 g/mol. The SMILES string of the molecule is CC1CN(Cc2cc(C#CCN)cs2)CCCO1. The van der Waals surface area contributed by atoms with E-state index < -0.39 is 0 Å². The topological polar surface area (TPSA) is 38.5 Å². The second kappa shape index (κ2) is 6.91. The molecule has 1 saturated heterocycles. The van der Waals surface area contributed by atoms with E-state index in [0.29, 0.717) is 12.6 Å². The molecule has 4 heteroatoms. The summed E-state index contributed by atoms with van der Waals surface area (Å²) in [5.41, 5.74) is 6.46. The minimum Gasteiger partial charge on any atom is -0.377 e. The summed E-state index contributed by atoms with van der Waals surface area (Å²) in [7, 11) is 0. The molecule has 1 atom stereocenters. The van der Waals surface area contributed by atoms with Crippen LogP contribution >= 0.6 is 11.3 Å². The Morgan fingerprint density at radius 1 is 1.61 bits per heavy atom. The number of rotatable bonds is 2. The lowest BCUT2D eigenvalue weighted by molar-refractivity contribution is 0.0669. The number of nitrogens with two attached hydrogens (primary N) is 1. The summed E-state index contributed by atoms with van der Waals surface area (Å²) in [5, 5.41) is 2.11. The van der Waals surface area contributed by atoms with Crippen LogP contribution in [-0.2, 0) is 11.3 Å². The fourth-order valence-electron chi connectivity index (χ4n) is 2.13. The first-order chi connectivity index (χ1) is 8.78. The third kappa shape index (κ3) is 4.11. The number of hydrogen-bond acceptors (Lipinski definition) is 4. The molecule has 0 saturated carbocycles. The third-order valence-corrected chi connectivity index (χ3v) is 3.83. The van der Waals surface area contributed by atoms with Gasteiger partial charge in [-0.15, -0.1) is 11.3 Å². The molecule has 0 radical (unpaired) electrons. The van der Waals surface area contributed by atoms with E-state index in [1.807, 2.05) is 0 Å². The van der Waals surface area contributed by atoms with Crippen LogP contribution in [0, 0.1) is 11.8 Å². The van der Waals surface area contributed by atoms with Crippen LogP contribution in [0.15, 0.2) is 11.4 Å². The quantitative estimate of drug-likeness (QED) is 0.826. The maximum Gasteiger partial charge on any atom is 0.0674 e. The molecule has 1 unspecified atom stereocenters. The second-order valence-corrected chi connectivity index (χ2v) is 5.57. The largest absolute Gasteiger partial charge is 0.377 e. The average Bonchev–Trinajstić information content (AvgIpc) is 2.69. The standard InChI is InChI=1S/C14H20N2OS/c1-12-9-16(6-3-7-17-12)10-14-8-13(11-18-14)4-2-5-15/h8,11-12H,3,5-7,9-10,15H2,1H3. The summed E-state index contributed by atoms with van der Waals surface area (Å²) in [4.78, 5) is 3.83. The Hall–Kier alpha value is -0.860. The van der Waals surface area contributed by atoms with Crippen molar-refractivity contribution < 1.29 is 4.74 Å². The highest BCUT2D eigenvalue weighted by Gasteiger charge is 2.15. The van der Waals surface area contributed by atoms with Crippen LogP contribution in [-0.4, -0.2) is 37.2 Å². The van der Waals surface area contributed by atoms with Gasteiger partial charge in [0.15, 0.2) is 0 Å². The van der Waals surface area contributed by atoms with Crippen LogP contribution in [0.5, 0.6) is 0 Å².